The van der Waals surface area contributed by atoms with Crippen LogP contribution in [0.5, 0.6) is 5.75 Å². The number of methoxy groups -OCH3 is 1. The highest BCUT2D eigenvalue weighted by molar-refractivity contribution is 5.26. The van der Waals surface area contributed by atoms with Crippen molar-refractivity contribution in [1.29, 1.82) is 0 Å². The summed E-state index contributed by atoms with van der Waals surface area (Å²) in [5.74, 6) is 0.292. The van der Waals surface area contributed by atoms with Crippen molar-refractivity contribution in [3.8, 4) is 5.75 Å². The minimum absolute atomic E-state index is 0.226. The molecule has 2 saturated heterocycles. The monoisotopic (exact) mass is 554 g/mol. The molecule has 1 aromatic heterocycles. The summed E-state index contributed by atoms with van der Waals surface area (Å²) < 4.78 is 41.8. The molecule has 0 radical (unpaired) electrons. The molecule has 2 fully saturated rings. The van der Waals surface area contributed by atoms with Gasteiger partial charge >= 0.3 is 0 Å². The van der Waals surface area contributed by atoms with Gasteiger partial charge in [0.1, 0.15) is 42.0 Å². The zero-order valence-electron chi connectivity index (χ0n) is 23.1. The van der Waals surface area contributed by atoms with Crippen LogP contribution in [0, 0.1) is 0 Å². The Balaban J connectivity index is 1.40. The van der Waals surface area contributed by atoms with Crippen LogP contribution in [0.15, 0.2) is 77.4 Å². The molecule has 3 aromatic rings. The molecule has 2 aliphatic rings. The van der Waals surface area contributed by atoms with Crippen LogP contribution in [0.25, 0.3) is 0 Å². The summed E-state index contributed by atoms with van der Waals surface area (Å²) in [6.07, 6.45) is -3.62. The summed E-state index contributed by atoms with van der Waals surface area (Å²) in [7, 11) is 1.62. The number of hydrogen-bond donors (Lipinski definition) is 2. The second-order valence-electron chi connectivity index (χ2n) is 10.7. The van der Waals surface area contributed by atoms with Crippen molar-refractivity contribution in [2.45, 2.75) is 82.0 Å². The van der Waals surface area contributed by atoms with Gasteiger partial charge in [-0.3, -0.25) is 0 Å². The van der Waals surface area contributed by atoms with Crippen LogP contribution in [-0.4, -0.2) is 66.3 Å². The highest BCUT2D eigenvalue weighted by atomic mass is 16.7. The van der Waals surface area contributed by atoms with E-state index >= 15 is 0 Å². The van der Waals surface area contributed by atoms with Gasteiger partial charge in [-0.05, 0) is 49.2 Å². The lowest BCUT2D eigenvalue weighted by Crippen LogP contribution is -2.44. The molecule has 3 heterocycles. The van der Waals surface area contributed by atoms with Gasteiger partial charge in [0, 0.05) is 6.42 Å². The van der Waals surface area contributed by atoms with Gasteiger partial charge in [0.2, 0.25) is 0 Å². The van der Waals surface area contributed by atoms with Gasteiger partial charge in [-0.15, -0.1) is 0 Å². The number of rotatable bonds is 12. The first-order valence-electron chi connectivity index (χ1n) is 13.6. The van der Waals surface area contributed by atoms with E-state index in [9.17, 15) is 10.2 Å². The highest BCUT2D eigenvalue weighted by Gasteiger charge is 2.52. The highest BCUT2D eigenvalue weighted by Crippen LogP contribution is 2.37. The normalized spacial score (nSPS) is 27.5. The Morgan fingerprint density at radius 2 is 1.60 bits per heavy atom. The van der Waals surface area contributed by atoms with Crippen LogP contribution >= 0.6 is 0 Å². The Hall–Kier alpha value is -2.76. The molecule has 9 heteroatoms. The van der Waals surface area contributed by atoms with Gasteiger partial charge in [0.05, 0.1) is 45.4 Å². The lowest BCUT2D eigenvalue weighted by Gasteiger charge is -2.28. The third kappa shape index (κ3) is 6.92. The standard InChI is InChI=1S/C31H38O9/c1-31(2)38-19-23(40-31)16-25-28(36-17-20-8-5-4-6-9-20)30(37-18-21-11-13-22(34-3)14-12-21)29(39-25)27(33)26(32)24-10-7-15-35-24/h4-15,23,25-30,32-33H,16-19H2,1-3H3/t23-,25-,26?,27?,28+,29+,30-/m1/s1. The molecule has 0 amide bonds. The lowest BCUT2D eigenvalue weighted by atomic mass is 9.97. The first kappa shape index (κ1) is 28.8. The van der Waals surface area contributed by atoms with Crippen molar-refractivity contribution < 1.29 is 43.1 Å². The van der Waals surface area contributed by atoms with E-state index in [-0.39, 0.29) is 18.5 Å². The number of aliphatic hydroxyl groups excluding tert-OH is 2. The molecule has 2 unspecified atom stereocenters. The SMILES string of the molecule is COc1ccc(CO[C@@H]2[C@@H](OCc3ccccc3)[C@@H](C[C@@H]3COC(C)(C)O3)O[C@H]2C(O)C(O)c2ccco2)cc1. The van der Waals surface area contributed by atoms with Gasteiger partial charge < -0.3 is 43.1 Å². The Bertz CT molecular complexity index is 1170. The molecule has 9 nitrogen and oxygen atoms in total. The molecule has 2 aliphatic heterocycles. The third-order valence-electron chi connectivity index (χ3n) is 7.29. The number of furan rings is 1. The van der Waals surface area contributed by atoms with Gasteiger partial charge in [0.15, 0.2) is 5.79 Å². The maximum Gasteiger partial charge on any atom is 0.163 e. The molecule has 2 N–H and O–H groups in total. The predicted molar refractivity (Wildman–Crippen MR) is 144 cm³/mol. The van der Waals surface area contributed by atoms with E-state index in [1.807, 2.05) is 68.4 Å². The summed E-state index contributed by atoms with van der Waals surface area (Å²) in [6, 6.07) is 20.7. The Morgan fingerprint density at radius 3 is 2.23 bits per heavy atom. The topological polar surface area (TPSA) is 109 Å². The molecule has 0 spiro atoms. The van der Waals surface area contributed by atoms with E-state index in [1.165, 1.54) is 6.26 Å². The summed E-state index contributed by atoms with van der Waals surface area (Å²) in [6.45, 7) is 4.73. The molecule has 5 rings (SSSR count). The van der Waals surface area contributed by atoms with E-state index in [1.54, 1.807) is 19.2 Å². The van der Waals surface area contributed by atoms with Gasteiger partial charge in [-0.25, -0.2) is 0 Å². The average molecular weight is 555 g/mol. The average Bonchev–Trinajstić information content (AvgIpc) is 3.70. The fourth-order valence-electron chi connectivity index (χ4n) is 5.24. The predicted octanol–water partition coefficient (Wildman–Crippen LogP) is 4.16. The van der Waals surface area contributed by atoms with Crippen LogP contribution in [0.1, 0.15) is 43.3 Å². The first-order valence-corrected chi connectivity index (χ1v) is 13.6. The second-order valence-corrected chi connectivity index (χ2v) is 10.7. The summed E-state index contributed by atoms with van der Waals surface area (Å²) in [5, 5.41) is 22.3. The maximum absolute atomic E-state index is 11.3. The van der Waals surface area contributed by atoms with Crippen LogP contribution in [0.2, 0.25) is 0 Å². The minimum Gasteiger partial charge on any atom is -0.497 e. The smallest absolute Gasteiger partial charge is 0.163 e. The largest absolute Gasteiger partial charge is 0.497 e. The van der Waals surface area contributed by atoms with E-state index in [4.69, 9.17) is 32.8 Å². The van der Waals surface area contributed by atoms with Crippen molar-refractivity contribution >= 4 is 0 Å². The third-order valence-corrected chi connectivity index (χ3v) is 7.29. The molecule has 7 atom stereocenters. The quantitative estimate of drug-likeness (QED) is 0.341. The first-order chi connectivity index (χ1) is 19.3. The summed E-state index contributed by atoms with van der Waals surface area (Å²) >= 11 is 0. The van der Waals surface area contributed by atoms with Gasteiger partial charge in [-0.1, -0.05) is 42.5 Å². The van der Waals surface area contributed by atoms with Gasteiger partial charge in [-0.2, -0.15) is 0 Å². The number of benzene rings is 2. The van der Waals surface area contributed by atoms with Crippen molar-refractivity contribution in [3.63, 3.8) is 0 Å². The van der Waals surface area contributed by atoms with E-state index in [2.05, 4.69) is 0 Å². The van der Waals surface area contributed by atoms with Crippen LogP contribution in [0.4, 0.5) is 0 Å². The molecular weight excluding hydrogens is 516 g/mol. The van der Waals surface area contributed by atoms with Crippen molar-refractivity contribution in [3.05, 3.63) is 89.9 Å². The minimum atomic E-state index is -1.34. The summed E-state index contributed by atoms with van der Waals surface area (Å²) in [5.41, 5.74) is 1.91. The molecule has 40 heavy (non-hydrogen) atoms. The number of hydrogen-bond acceptors (Lipinski definition) is 9. The Morgan fingerprint density at radius 1 is 0.900 bits per heavy atom. The summed E-state index contributed by atoms with van der Waals surface area (Å²) in [4.78, 5) is 0. The fraction of sp³-hybridized carbons (Fsp3) is 0.484. The number of ether oxygens (including phenoxy) is 6. The Kier molecular flexibility index (Phi) is 9.22. The molecule has 2 aromatic carbocycles. The molecule has 0 bridgehead atoms. The lowest BCUT2D eigenvalue weighted by molar-refractivity contribution is -0.148. The van der Waals surface area contributed by atoms with Crippen molar-refractivity contribution in [2.24, 2.45) is 0 Å². The van der Waals surface area contributed by atoms with E-state index < -0.39 is 42.4 Å². The van der Waals surface area contributed by atoms with E-state index in [0.29, 0.717) is 19.6 Å². The maximum atomic E-state index is 11.3. The second kappa shape index (κ2) is 12.8. The Labute approximate surface area is 234 Å². The zero-order valence-corrected chi connectivity index (χ0v) is 23.1. The zero-order chi connectivity index (χ0) is 28.1. The molecule has 0 saturated carbocycles. The van der Waals surface area contributed by atoms with Gasteiger partial charge in [0.25, 0.3) is 0 Å². The molecule has 216 valence electrons. The van der Waals surface area contributed by atoms with Crippen molar-refractivity contribution in [2.75, 3.05) is 13.7 Å². The molecular formula is C31H38O9. The van der Waals surface area contributed by atoms with Crippen LogP contribution in [-0.2, 0) is 36.9 Å². The van der Waals surface area contributed by atoms with E-state index in [0.717, 1.165) is 16.9 Å². The van der Waals surface area contributed by atoms with Crippen molar-refractivity contribution in [1.82, 2.24) is 0 Å². The number of aliphatic hydroxyl groups is 2. The van der Waals surface area contributed by atoms with Crippen LogP contribution in [0.3, 0.4) is 0 Å². The fourth-order valence-corrected chi connectivity index (χ4v) is 5.24. The van der Waals surface area contributed by atoms with Crippen LogP contribution < -0.4 is 4.74 Å². The molecule has 0 aliphatic carbocycles.